The number of carboxylic acid groups (broad SMARTS) is 1. The lowest BCUT2D eigenvalue weighted by Crippen LogP contribution is -2.36. The standard InChI is InChI=1S/C22H22ClFN2O5S2/c1-13-8-19(26(10-14(2)24)33(29,30)22-25-15(3)12-32-22)20(9-18(13)23)31-11-16-4-6-17(7-5-16)21(27)28/h4-9,12,14H,10-11H2,1-3H3,(H,27,28)/t14-/m0/s1. The van der Waals surface area contributed by atoms with Crippen molar-refractivity contribution in [3.8, 4) is 5.75 Å². The minimum absolute atomic E-state index is 0.0156. The van der Waals surface area contributed by atoms with Gasteiger partial charge in [0.2, 0.25) is 4.34 Å². The number of alkyl halides is 1. The first-order chi connectivity index (χ1) is 15.5. The van der Waals surface area contributed by atoms with Crippen LogP contribution in [0.3, 0.4) is 0 Å². The second-order valence-electron chi connectivity index (χ2n) is 7.43. The molecule has 7 nitrogen and oxygen atoms in total. The normalized spacial score (nSPS) is 12.4. The number of carbonyl (C=O) groups is 1. The second-order valence-corrected chi connectivity index (χ2v) is 10.7. The van der Waals surface area contributed by atoms with Gasteiger partial charge in [-0.2, -0.15) is 8.42 Å². The molecule has 0 fully saturated rings. The number of sulfonamides is 1. The van der Waals surface area contributed by atoms with Crippen molar-refractivity contribution >= 4 is 44.6 Å². The molecular weight excluding hydrogens is 491 g/mol. The largest absolute Gasteiger partial charge is 0.487 e. The summed E-state index contributed by atoms with van der Waals surface area (Å²) in [7, 11) is -4.17. The Bertz CT molecular complexity index is 1260. The molecule has 1 heterocycles. The maximum Gasteiger partial charge on any atom is 0.335 e. The third kappa shape index (κ3) is 5.82. The molecule has 176 valence electrons. The molecule has 1 atom stereocenters. The zero-order valence-electron chi connectivity index (χ0n) is 18.1. The molecule has 0 saturated heterocycles. The first-order valence-electron chi connectivity index (χ1n) is 9.83. The molecule has 0 radical (unpaired) electrons. The number of thiazole rings is 1. The van der Waals surface area contributed by atoms with E-state index in [4.69, 9.17) is 21.4 Å². The molecular formula is C22H22ClFN2O5S2. The van der Waals surface area contributed by atoms with Crippen molar-refractivity contribution in [2.45, 2.75) is 37.9 Å². The van der Waals surface area contributed by atoms with Gasteiger partial charge in [0.05, 0.1) is 17.8 Å². The van der Waals surface area contributed by atoms with Crippen LogP contribution in [0.4, 0.5) is 10.1 Å². The van der Waals surface area contributed by atoms with Gasteiger partial charge in [0.1, 0.15) is 18.5 Å². The SMILES string of the molecule is Cc1csc(S(=O)(=O)N(C[C@H](C)F)c2cc(C)c(Cl)cc2OCc2ccc(C(=O)O)cc2)n1. The summed E-state index contributed by atoms with van der Waals surface area (Å²) in [6.45, 7) is 4.22. The third-order valence-electron chi connectivity index (χ3n) is 4.63. The first kappa shape index (κ1) is 24.9. The molecule has 2 aromatic carbocycles. The highest BCUT2D eigenvalue weighted by Gasteiger charge is 2.32. The Kier molecular flexibility index (Phi) is 7.61. The number of anilines is 1. The predicted molar refractivity (Wildman–Crippen MR) is 126 cm³/mol. The molecule has 0 amide bonds. The molecule has 33 heavy (non-hydrogen) atoms. The van der Waals surface area contributed by atoms with Gasteiger partial charge in [-0.15, -0.1) is 11.3 Å². The average Bonchev–Trinajstić information content (AvgIpc) is 3.20. The lowest BCUT2D eigenvalue weighted by molar-refractivity contribution is 0.0697. The van der Waals surface area contributed by atoms with E-state index in [1.807, 2.05) is 0 Å². The number of hydrogen-bond donors (Lipinski definition) is 1. The number of benzene rings is 2. The van der Waals surface area contributed by atoms with E-state index in [1.165, 1.54) is 31.2 Å². The van der Waals surface area contributed by atoms with E-state index in [2.05, 4.69) is 4.98 Å². The van der Waals surface area contributed by atoms with Gasteiger partial charge in [-0.05, 0) is 50.1 Å². The van der Waals surface area contributed by atoms with Gasteiger partial charge < -0.3 is 9.84 Å². The molecule has 0 aliphatic carbocycles. The molecule has 0 unspecified atom stereocenters. The molecule has 0 aliphatic heterocycles. The number of nitrogens with zero attached hydrogens (tertiary/aromatic N) is 2. The quantitative estimate of drug-likeness (QED) is 0.421. The maximum absolute atomic E-state index is 14.1. The number of hydrogen-bond acceptors (Lipinski definition) is 6. The number of ether oxygens (including phenoxy) is 1. The van der Waals surface area contributed by atoms with Crippen LogP contribution in [0.1, 0.15) is 34.1 Å². The zero-order chi connectivity index (χ0) is 24.3. The van der Waals surface area contributed by atoms with E-state index in [0.29, 0.717) is 21.8 Å². The van der Waals surface area contributed by atoms with Crippen LogP contribution in [-0.2, 0) is 16.6 Å². The Balaban J connectivity index is 2.01. The van der Waals surface area contributed by atoms with Crippen molar-refractivity contribution < 1.29 is 27.4 Å². The summed E-state index contributed by atoms with van der Waals surface area (Å²) in [5.41, 5.74) is 2.06. The summed E-state index contributed by atoms with van der Waals surface area (Å²) in [5, 5.41) is 11.0. The van der Waals surface area contributed by atoms with Crippen LogP contribution in [0.15, 0.2) is 46.1 Å². The summed E-state index contributed by atoms with van der Waals surface area (Å²) < 4.78 is 47.5. The summed E-state index contributed by atoms with van der Waals surface area (Å²) in [5.74, 6) is -0.904. The van der Waals surface area contributed by atoms with Crippen molar-refractivity contribution in [1.29, 1.82) is 0 Å². The minimum atomic E-state index is -4.17. The Labute approximate surface area is 200 Å². The van der Waals surface area contributed by atoms with Crippen molar-refractivity contribution in [2.24, 2.45) is 0 Å². The summed E-state index contributed by atoms with van der Waals surface area (Å²) in [6, 6.07) is 9.08. The first-order valence-corrected chi connectivity index (χ1v) is 12.5. The highest BCUT2D eigenvalue weighted by molar-refractivity contribution is 7.94. The lowest BCUT2D eigenvalue weighted by Gasteiger charge is -2.26. The van der Waals surface area contributed by atoms with Gasteiger partial charge in [-0.25, -0.2) is 14.2 Å². The molecule has 1 aromatic heterocycles. The molecule has 0 spiro atoms. The Morgan fingerprint density at radius 3 is 2.48 bits per heavy atom. The monoisotopic (exact) mass is 512 g/mol. The van der Waals surface area contributed by atoms with E-state index in [0.717, 1.165) is 15.6 Å². The fraction of sp³-hybridized carbons (Fsp3) is 0.273. The van der Waals surface area contributed by atoms with E-state index >= 15 is 0 Å². The number of carboxylic acids is 1. The van der Waals surface area contributed by atoms with E-state index in [-0.39, 0.29) is 27.9 Å². The smallest absolute Gasteiger partial charge is 0.335 e. The predicted octanol–water partition coefficient (Wildman–Crippen LogP) is 5.24. The fourth-order valence-corrected chi connectivity index (χ4v) is 5.79. The summed E-state index contributed by atoms with van der Waals surface area (Å²) in [4.78, 5) is 15.1. The van der Waals surface area contributed by atoms with E-state index in [9.17, 15) is 17.6 Å². The van der Waals surface area contributed by atoms with Crippen LogP contribution in [0.5, 0.6) is 5.75 Å². The third-order valence-corrected chi connectivity index (χ3v) is 8.17. The van der Waals surface area contributed by atoms with E-state index < -0.39 is 28.7 Å². The number of aromatic carboxylic acids is 1. The number of rotatable bonds is 9. The van der Waals surface area contributed by atoms with Crippen molar-refractivity contribution in [3.63, 3.8) is 0 Å². The molecule has 3 aromatic rings. The van der Waals surface area contributed by atoms with Crippen LogP contribution >= 0.6 is 22.9 Å². The lowest BCUT2D eigenvalue weighted by atomic mass is 10.1. The molecule has 11 heteroatoms. The van der Waals surface area contributed by atoms with Crippen LogP contribution < -0.4 is 9.04 Å². The zero-order valence-corrected chi connectivity index (χ0v) is 20.5. The minimum Gasteiger partial charge on any atom is -0.487 e. The molecule has 0 bridgehead atoms. The van der Waals surface area contributed by atoms with Crippen LogP contribution in [0.2, 0.25) is 5.02 Å². The molecule has 3 rings (SSSR count). The van der Waals surface area contributed by atoms with Crippen LogP contribution in [0.25, 0.3) is 0 Å². The van der Waals surface area contributed by atoms with Crippen molar-refractivity contribution in [3.05, 3.63) is 69.2 Å². The maximum atomic E-state index is 14.1. The van der Waals surface area contributed by atoms with Crippen LogP contribution in [-0.4, -0.2) is 37.2 Å². The molecule has 0 aliphatic rings. The number of aromatic nitrogens is 1. The Hall–Kier alpha value is -2.69. The Morgan fingerprint density at radius 1 is 1.27 bits per heavy atom. The number of aryl methyl sites for hydroxylation is 2. The summed E-state index contributed by atoms with van der Waals surface area (Å²) >= 11 is 7.23. The van der Waals surface area contributed by atoms with Gasteiger partial charge in [-0.1, -0.05) is 23.7 Å². The number of halogens is 2. The van der Waals surface area contributed by atoms with Crippen molar-refractivity contribution in [1.82, 2.24) is 4.98 Å². The average molecular weight is 513 g/mol. The van der Waals surface area contributed by atoms with Gasteiger partial charge in [0.15, 0.2) is 0 Å². The highest BCUT2D eigenvalue weighted by Crippen LogP contribution is 2.38. The van der Waals surface area contributed by atoms with E-state index in [1.54, 1.807) is 31.4 Å². The van der Waals surface area contributed by atoms with Crippen molar-refractivity contribution in [2.75, 3.05) is 10.8 Å². The van der Waals surface area contributed by atoms with Gasteiger partial charge in [0.25, 0.3) is 10.0 Å². The topological polar surface area (TPSA) is 96.8 Å². The van der Waals surface area contributed by atoms with Gasteiger partial charge >= 0.3 is 5.97 Å². The molecule has 1 N–H and O–H groups in total. The summed E-state index contributed by atoms with van der Waals surface area (Å²) in [6.07, 6.45) is -1.46. The second kappa shape index (κ2) is 10.1. The highest BCUT2D eigenvalue weighted by atomic mass is 35.5. The van der Waals surface area contributed by atoms with Crippen LogP contribution in [0, 0.1) is 13.8 Å². The van der Waals surface area contributed by atoms with Gasteiger partial charge in [0, 0.05) is 22.2 Å². The fourth-order valence-electron chi connectivity index (χ4n) is 2.96. The Morgan fingerprint density at radius 2 is 1.94 bits per heavy atom. The molecule has 0 saturated carbocycles. The van der Waals surface area contributed by atoms with Gasteiger partial charge in [-0.3, -0.25) is 4.31 Å².